The standard InChI is InChI=1S/C16H17N3O3S2/c1-10-18-12(9-23-10)13-3-2-11(24-13)8-17-14(20)6-7-19-15(21)4-5-16(19)22/h2-3,9H,4-8H2,1H3,(H,17,20). The lowest BCUT2D eigenvalue weighted by Gasteiger charge is -2.13. The molecule has 8 heteroatoms. The number of thiazole rings is 1. The number of hydrogen-bond acceptors (Lipinski definition) is 6. The number of thiophene rings is 1. The van der Waals surface area contributed by atoms with Crippen molar-refractivity contribution in [3.05, 3.63) is 27.4 Å². The van der Waals surface area contributed by atoms with E-state index in [0.29, 0.717) is 6.54 Å². The largest absolute Gasteiger partial charge is 0.351 e. The normalized spacial score (nSPS) is 14.5. The smallest absolute Gasteiger partial charge is 0.229 e. The first-order valence-electron chi connectivity index (χ1n) is 7.64. The van der Waals surface area contributed by atoms with Crippen molar-refractivity contribution in [3.8, 4) is 10.6 Å². The number of hydrogen-bond donors (Lipinski definition) is 1. The molecule has 0 saturated carbocycles. The molecule has 126 valence electrons. The Kier molecular flexibility index (Phi) is 5.06. The molecule has 1 aliphatic rings. The zero-order valence-corrected chi connectivity index (χ0v) is 14.8. The number of carbonyl (C=O) groups excluding carboxylic acids is 3. The predicted molar refractivity (Wildman–Crippen MR) is 92.6 cm³/mol. The number of imide groups is 1. The average molecular weight is 363 g/mol. The predicted octanol–water partition coefficient (Wildman–Crippen LogP) is 2.34. The van der Waals surface area contributed by atoms with Gasteiger partial charge in [0.25, 0.3) is 0 Å². The quantitative estimate of drug-likeness (QED) is 0.799. The average Bonchev–Trinajstić information content (AvgIpc) is 3.25. The number of nitrogens with one attached hydrogen (secondary N) is 1. The summed E-state index contributed by atoms with van der Waals surface area (Å²) in [5.74, 6) is -0.537. The molecule has 3 heterocycles. The molecule has 0 aliphatic carbocycles. The molecule has 3 amide bonds. The molecule has 24 heavy (non-hydrogen) atoms. The van der Waals surface area contributed by atoms with Gasteiger partial charge in [-0.1, -0.05) is 0 Å². The van der Waals surface area contributed by atoms with Gasteiger partial charge in [0.2, 0.25) is 17.7 Å². The minimum Gasteiger partial charge on any atom is -0.351 e. The molecule has 0 unspecified atom stereocenters. The van der Waals surface area contributed by atoms with Gasteiger partial charge in [0.15, 0.2) is 0 Å². The lowest BCUT2D eigenvalue weighted by molar-refractivity contribution is -0.138. The van der Waals surface area contributed by atoms with Crippen molar-refractivity contribution in [3.63, 3.8) is 0 Å². The van der Waals surface area contributed by atoms with Gasteiger partial charge in [-0.05, 0) is 19.1 Å². The summed E-state index contributed by atoms with van der Waals surface area (Å²) in [6, 6.07) is 3.98. The third kappa shape index (κ3) is 3.88. The first kappa shape index (κ1) is 16.8. The number of nitrogens with zero attached hydrogens (tertiary/aromatic N) is 2. The maximum atomic E-state index is 11.9. The van der Waals surface area contributed by atoms with Gasteiger partial charge in [0, 0.05) is 36.1 Å². The Hall–Kier alpha value is -2.06. The van der Waals surface area contributed by atoms with Crippen LogP contribution >= 0.6 is 22.7 Å². The third-order valence-electron chi connectivity index (χ3n) is 3.71. The van der Waals surface area contributed by atoms with E-state index in [-0.39, 0.29) is 43.5 Å². The fraction of sp³-hybridized carbons (Fsp3) is 0.375. The number of carbonyl (C=O) groups is 3. The molecule has 1 N–H and O–H groups in total. The van der Waals surface area contributed by atoms with Crippen LogP contribution in [-0.2, 0) is 20.9 Å². The molecule has 0 spiro atoms. The maximum Gasteiger partial charge on any atom is 0.229 e. The summed E-state index contributed by atoms with van der Waals surface area (Å²) in [5, 5.41) is 5.88. The summed E-state index contributed by atoms with van der Waals surface area (Å²) in [5.41, 5.74) is 0.964. The van der Waals surface area contributed by atoms with E-state index in [9.17, 15) is 14.4 Å². The van der Waals surface area contributed by atoms with Crippen molar-refractivity contribution in [1.29, 1.82) is 0 Å². The molecule has 0 atom stereocenters. The van der Waals surface area contributed by atoms with E-state index < -0.39 is 0 Å². The highest BCUT2D eigenvalue weighted by Gasteiger charge is 2.28. The highest BCUT2D eigenvalue weighted by molar-refractivity contribution is 7.16. The lowest BCUT2D eigenvalue weighted by Crippen LogP contribution is -2.33. The number of aromatic nitrogens is 1. The molecule has 2 aromatic heterocycles. The van der Waals surface area contributed by atoms with Gasteiger partial charge < -0.3 is 5.32 Å². The van der Waals surface area contributed by atoms with E-state index in [1.807, 2.05) is 24.4 Å². The van der Waals surface area contributed by atoms with Crippen LogP contribution in [0, 0.1) is 6.92 Å². The first-order chi connectivity index (χ1) is 11.5. The molecular weight excluding hydrogens is 346 g/mol. The van der Waals surface area contributed by atoms with Crippen molar-refractivity contribution in [2.24, 2.45) is 0 Å². The SMILES string of the molecule is Cc1nc(-c2ccc(CNC(=O)CCN3C(=O)CCC3=O)s2)cs1. The van der Waals surface area contributed by atoms with Gasteiger partial charge in [0.05, 0.1) is 22.1 Å². The number of amides is 3. The van der Waals surface area contributed by atoms with Gasteiger partial charge >= 0.3 is 0 Å². The second kappa shape index (κ2) is 7.23. The Morgan fingerprint density at radius 3 is 2.71 bits per heavy atom. The van der Waals surface area contributed by atoms with E-state index in [1.165, 1.54) is 4.90 Å². The van der Waals surface area contributed by atoms with Gasteiger partial charge in [-0.3, -0.25) is 19.3 Å². The molecule has 0 radical (unpaired) electrons. The second-order valence-corrected chi connectivity index (χ2v) is 7.71. The molecule has 6 nitrogen and oxygen atoms in total. The van der Waals surface area contributed by atoms with Crippen LogP contribution in [0.25, 0.3) is 10.6 Å². The molecule has 0 bridgehead atoms. The zero-order chi connectivity index (χ0) is 17.1. The van der Waals surface area contributed by atoms with E-state index in [0.717, 1.165) is 20.5 Å². The van der Waals surface area contributed by atoms with Crippen molar-refractivity contribution < 1.29 is 14.4 Å². The van der Waals surface area contributed by atoms with Crippen LogP contribution in [0.3, 0.4) is 0 Å². The molecule has 1 saturated heterocycles. The monoisotopic (exact) mass is 363 g/mol. The molecule has 2 aromatic rings. The number of likely N-dealkylation sites (tertiary alicyclic amines) is 1. The van der Waals surface area contributed by atoms with Crippen LogP contribution in [0.15, 0.2) is 17.5 Å². The third-order valence-corrected chi connectivity index (χ3v) is 5.59. The van der Waals surface area contributed by atoms with Gasteiger partial charge in [0.1, 0.15) is 0 Å². The van der Waals surface area contributed by atoms with Crippen molar-refractivity contribution in [1.82, 2.24) is 15.2 Å². The van der Waals surface area contributed by atoms with E-state index in [4.69, 9.17) is 0 Å². The number of aryl methyl sites for hydroxylation is 1. The topological polar surface area (TPSA) is 79.4 Å². The summed E-state index contributed by atoms with van der Waals surface area (Å²) in [6.45, 7) is 2.57. The van der Waals surface area contributed by atoms with Crippen LogP contribution < -0.4 is 5.32 Å². The van der Waals surface area contributed by atoms with Crippen LogP contribution in [0.5, 0.6) is 0 Å². The Bertz CT molecular complexity index is 765. The molecule has 3 rings (SSSR count). The second-order valence-electron chi connectivity index (χ2n) is 5.48. The fourth-order valence-electron chi connectivity index (χ4n) is 2.45. The Labute approximate surface area is 147 Å². The van der Waals surface area contributed by atoms with Gasteiger partial charge in [-0.25, -0.2) is 4.98 Å². The van der Waals surface area contributed by atoms with Crippen molar-refractivity contribution in [2.75, 3.05) is 6.54 Å². The highest BCUT2D eigenvalue weighted by atomic mass is 32.1. The zero-order valence-electron chi connectivity index (χ0n) is 13.2. The highest BCUT2D eigenvalue weighted by Crippen LogP contribution is 2.28. The summed E-state index contributed by atoms with van der Waals surface area (Å²) in [6.07, 6.45) is 0.657. The summed E-state index contributed by atoms with van der Waals surface area (Å²) in [7, 11) is 0. The van der Waals surface area contributed by atoms with E-state index in [2.05, 4.69) is 10.3 Å². The summed E-state index contributed by atoms with van der Waals surface area (Å²) in [4.78, 5) is 42.6. The summed E-state index contributed by atoms with van der Waals surface area (Å²) >= 11 is 3.21. The Morgan fingerprint density at radius 2 is 2.04 bits per heavy atom. The van der Waals surface area contributed by atoms with Crippen molar-refractivity contribution >= 4 is 40.4 Å². The molecule has 1 aliphatic heterocycles. The van der Waals surface area contributed by atoms with Crippen LogP contribution in [0.2, 0.25) is 0 Å². The lowest BCUT2D eigenvalue weighted by atomic mass is 10.3. The van der Waals surface area contributed by atoms with Crippen LogP contribution in [-0.4, -0.2) is 34.2 Å². The molecular formula is C16H17N3O3S2. The fourth-order valence-corrected chi connectivity index (χ4v) is 4.04. The minimum atomic E-state index is -0.186. The Morgan fingerprint density at radius 1 is 1.29 bits per heavy atom. The number of rotatable bonds is 6. The summed E-state index contributed by atoms with van der Waals surface area (Å²) < 4.78 is 0. The van der Waals surface area contributed by atoms with E-state index in [1.54, 1.807) is 22.7 Å². The van der Waals surface area contributed by atoms with Crippen molar-refractivity contribution in [2.45, 2.75) is 32.7 Å². The minimum absolute atomic E-state index is 0.140. The molecule has 1 fully saturated rings. The van der Waals surface area contributed by atoms with Crippen LogP contribution in [0.4, 0.5) is 0 Å². The van der Waals surface area contributed by atoms with Gasteiger partial charge in [-0.2, -0.15) is 0 Å². The van der Waals surface area contributed by atoms with Crippen LogP contribution in [0.1, 0.15) is 29.1 Å². The first-order valence-corrected chi connectivity index (χ1v) is 9.33. The van der Waals surface area contributed by atoms with Gasteiger partial charge in [-0.15, -0.1) is 22.7 Å². The molecule has 0 aromatic carbocycles. The maximum absolute atomic E-state index is 11.9. The van der Waals surface area contributed by atoms with E-state index >= 15 is 0 Å². The Balaban J connectivity index is 1.47.